The monoisotopic (exact) mass is 358 g/mol. The van der Waals surface area contributed by atoms with Crippen LogP contribution in [0.25, 0.3) is 0 Å². The molecule has 7 heteroatoms. The van der Waals surface area contributed by atoms with Crippen LogP contribution in [0, 0.1) is 10.1 Å². The lowest BCUT2D eigenvalue weighted by Crippen LogP contribution is -2.30. The number of nitrogens with one attached hydrogen (secondary N) is 1. The van der Waals surface area contributed by atoms with Gasteiger partial charge in [0.05, 0.1) is 17.2 Å². The lowest BCUT2D eigenvalue weighted by Gasteiger charge is -2.16. The molecule has 0 saturated carbocycles. The molecule has 0 saturated heterocycles. The van der Waals surface area contributed by atoms with Crippen molar-refractivity contribution in [2.45, 2.75) is 32.8 Å². The molecule has 0 aromatic heterocycles. The Kier molecular flexibility index (Phi) is 6.96. The van der Waals surface area contributed by atoms with E-state index in [1.54, 1.807) is 19.1 Å². The topological polar surface area (TPSA) is 90.7 Å². The number of hydrogen-bond donors (Lipinski definition) is 1. The van der Waals surface area contributed by atoms with Crippen LogP contribution in [0.4, 0.5) is 11.4 Å². The van der Waals surface area contributed by atoms with Gasteiger partial charge in [0, 0.05) is 12.1 Å². The summed E-state index contributed by atoms with van der Waals surface area (Å²) in [5, 5.41) is 13.5. The fourth-order valence-corrected chi connectivity index (χ4v) is 2.16. The van der Waals surface area contributed by atoms with Crippen LogP contribution in [-0.4, -0.2) is 23.5 Å². The lowest BCUT2D eigenvalue weighted by molar-refractivity contribution is -0.384. The van der Waals surface area contributed by atoms with Crippen LogP contribution in [0.15, 0.2) is 48.5 Å². The molecular formula is C19H22N2O5. The number of para-hydroxylation sites is 2. The summed E-state index contributed by atoms with van der Waals surface area (Å²) < 4.78 is 11.2. The van der Waals surface area contributed by atoms with E-state index >= 15 is 0 Å². The number of nitrogens with zero attached hydrogens (tertiary/aromatic N) is 1. The van der Waals surface area contributed by atoms with Gasteiger partial charge in [0.2, 0.25) is 0 Å². The molecule has 2 aromatic rings. The zero-order valence-electron chi connectivity index (χ0n) is 14.8. The minimum absolute atomic E-state index is 0.0346. The molecule has 0 fully saturated rings. The highest BCUT2D eigenvalue weighted by Crippen LogP contribution is 2.25. The van der Waals surface area contributed by atoms with Crippen LogP contribution in [0.3, 0.4) is 0 Å². The molecule has 2 rings (SSSR count). The normalized spacial score (nSPS) is 11.5. The summed E-state index contributed by atoms with van der Waals surface area (Å²) in [6, 6.07) is 12.8. The molecule has 2 aromatic carbocycles. The molecule has 1 N–H and O–H groups in total. The molecule has 0 aliphatic rings. The fraction of sp³-hybridized carbons (Fsp3) is 0.316. The number of rotatable bonds is 9. The van der Waals surface area contributed by atoms with Gasteiger partial charge in [0.25, 0.3) is 11.6 Å². The molecule has 7 nitrogen and oxygen atoms in total. The van der Waals surface area contributed by atoms with E-state index in [2.05, 4.69) is 12.2 Å². The van der Waals surface area contributed by atoms with Crippen LogP contribution in [0.2, 0.25) is 0 Å². The first-order valence-corrected chi connectivity index (χ1v) is 8.45. The third-order valence-corrected chi connectivity index (χ3v) is 3.63. The van der Waals surface area contributed by atoms with Gasteiger partial charge in [-0.2, -0.15) is 0 Å². The molecule has 0 aliphatic heterocycles. The molecule has 26 heavy (non-hydrogen) atoms. The Balaban J connectivity index is 1.97. The highest BCUT2D eigenvalue weighted by molar-refractivity contribution is 5.95. The second-order valence-electron chi connectivity index (χ2n) is 5.70. The Bertz CT molecular complexity index is 746. The number of amides is 1. The molecule has 0 radical (unpaired) electrons. The quantitative estimate of drug-likeness (QED) is 0.412. The number of ether oxygens (including phenoxy) is 2. The molecular weight excluding hydrogens is 336 g/mol. The Morgan fingerprint density at radius 3 is 2.54 bits per heavy atom. The van der Waals surface area contributed by atoms with Crippen LogP contribution < -0.4 is 14.8 Å². The molecule has 0 aliphatic carbocycles. The number of non-ortho nitro benzene ring substituents is 1. The van der Waals surface area contributed by atoms with Crippen molar-refractivity contribution in [2.75, 3.05) is 11.9 Å². The SMILES string of the molecule is CCCCOc1ccccc1NC(=O)C(C)Oc1ccc([N+](=O)[O-])cc1. The minimum Gasteiger partial charge on any atom is -0.491 e. The van der Waals surface area contributed by atoms with E-state index in [9.17, 15) is 14.9 Å². The number of hydrogen-bond acceptors (Lipinski definition) is 5. The first-order valence-electron chi connectivity index (χ1n) is 8.45. The lowest BCUT2D eigenvalue weighted by atomic mass is 10.2. The highest BCUT2D eigenvalue weighted by atomic mass is 16.6. The highest BCUT2D eigenvalue weighted by Gasteiger charge is 2.17. The number of unbranched alkanes of at least 4 members (excludes halogenated alkanes) is 1. The molecule has 0 bridgehead atoms. The van der Waals surface area contributed by atoms with Crippen molar-refractivity contribution in [3.63, 3.8) is 0 Å². The van der Waals surface area contributed by atoms with Crippen molar-refractivity contribution < 1.29 is 19.2 Å². The van der Waals surface area contributed by atoms with Crippen molar-refractivity contribution in [3.05, 3.63) is 58.6 Å². The van der Waals surface area contributed by atoms with Gasteiger partial charge >= 0.3 is 0 Å². The maximum atomic E-state index is 12.4. The summed E-state index contributed by atoms with van der Waals surface area (Å²) in [7, 11) is 0. The average Bonchev–Trinajstić information content (AvgIpc) is 2.63. The van der Waals surface area contributed by atoms with Gasteiger partial charge in [0.1, 0.15) is 11.5 Å². The van der Waals surface area contributed by atoms with Gasteiger partial charge in [-0.15, -0.1) is 0 Å². The first-order chi connectivity index (χ1) is 12.5. The Labute approximate surface area is 152 Å². The summed E-state index contributed by atoms with van der Waals surface area (Å²) in [4.78, 5) is 22.5. The number of anilines is 1. The van der Waals surface area contributed by atoms with Gasteiger partial charge in [-0.3, -0.25) is 14.9 Å². The number of benzene rings is 2. The summed E-state index contributed by atoms with van der Waals surface area (Å²) in [5.41, 5.74) is 0.542. The van der Waals surface area contributed by atoms with Gasteiger partial charge in [-0.25, -0.2) is 0 Å². The predicted octanol–water partition coefficient (Wildman–Crippen LogP) is 4.18. The van der Waals surface area contributed by atoms with Crippen molar-refractivity contribution >= 4 is 17.3 Å². The van der Waals surface area contributed by atoms with Gasteiger partial charge in [0.15, 0.2) is 6.10 Å². The third kappa shape index (κ3) is 5.47. The minimum atomic E-state index is -0.778. The van der Waals surface area contributed by atoms with E-state index in [-0.39, 0.29) is 11.6 Å². The van der Waals surface area contributed by atoms with E-state index < -0.39 is 11.0 Å². The van der Waals surface area contributed by atoms with Crippen molar-refractivity contribution in [1.29, 1.82) is 0 Å². The number of carbonyl (C=O) groups excluding carboxylic acids is 1. The average molecular weight is 358 g/mol. The zero-order chi connectivity index (χ0) is 18.9. The van der Waals surface area contributed by atoms with Crippen LogP contribution in [0.1, 0.15) is 26.7 Å². The smallest absolute Gasteiger partial charge is 0.269 e. The zero-order valence-corrected chi connectivity index (χ0v) is 14.8. The number of nitro benzene ring substituents is 1. The van der Waals surface area contributed by atoms with E-state index in [0.717, 1.165) is 12.8 Å². The van der Waals surface area contributed by atoms with E-state index in [0.29, 0.717) is 23.8 Å². The fourth-order valence-electron chi connectivity index (χ4n) is 2.16. The summed E-state index contributed by atoms with van der Waals surface area (Å²) >= 11 is 0. The largest absolute Gasteiger partial charge is 0.491 e. The van der Waals surface area contributed by atoms with Gasteiger partial charge in [-0.05, 0) is 37.6 Å². The van der Waals surface area contributed by atoms with Crippen LogP contribution >= 0.6 is 0 Å². The van der Waals surface area contributed by atoms with E-state index in [4.69, 9.17) is 9.47 Å². The third-order valence-electron chi connectivity index (χ3n) is 3.63. The predicted molar refractivity (Wildman–Crippen MR) is 98.7 cm³/mol. The Morgan fingerprint density at radius 2 is 1.88 bits per heavy atom. The second-order valence-corrected chi connectivity index (χ2v) is 5.70. The Hall–Kier alpha value is -3.09. The summed E-state index contributed by atoms with van der Waals surface area (Å²) in [6.07, 6.45) is 1.18. The Morgan fingerprint density at radius 1 is 1.19 bits per heavy atom. The van der Waals surface area contributed by atoms with E-state index in [1.807, 2.05) is 12.1 Å². The van der Waals surface area contributed by atoms with Crippen molar-refractivity contribution in [3.8, 4) is 11.5 Å². The van der Waals surface area contributed by atoms with Gasteiger partial charge in [-0.1, -0.05) is 25.5 Å². The molecule has 138 valence electrons. The van der Waals surface area contributed by atoms with Gasteiger partial charge < -0.3 is 14.8 Å². The number of carbonyl (C=O) groups is 1. The first kappa shape index (κ1) is 19.2. The summed E-state index contributed by atoms with van der Waals surface area (Å²) in [6.45, 7) is 4.27. The van der Waals surface area contributed by atoms with Crippen molar-refractivity contribution in [2.24, 2.45) is 0 Å². The standard InChI is InChI=1S/C19H22N2O5/c1-3-4-13-25-18-8-6-5-7-17(18)20-19(22)14(2)26-16-11-9-15(10-12-16)21(23)24/h5-12,14H,3-4,13H2,1-2H3,(H,20,22). The maximum Gasteiger partial charge on any atom is 0.269 e. The van der Waals surface area contributed by atoms with Crippen LogP contribution in [-0.2, 0) is 4.79 Å². The van der Waals surface area contributed by atoms with Crippen molar-refractivity contribution in [1.82, 2.24) is 0 Å². The molecule has 1 unspecified atom stereocenters. The molecule has 1 amide bonds. The maximum absolute atomic E-state index is 12.4. The van der Waals surface area contributed by atoms with Crippen LogP contribution in [0.5, 0.6) is 11.5 Å². The molecule has 1 atom stereocenters. The van der Waals surface area contributed by atoms with E-state index in [1.165, 1.54) is 24.3 Å². The molecule has 0 heterocycles. The molecule has 0 spiro atoms. The number of nitro groups is 1. The second kappa shape index (κ2) is 9.41. The summed E-state index contributed by atoms with van der Waals surface area (Å²) in [5.74, 6) is 0.650.